The second kappa shape index (κ2) is 6.13. The van der Waals surface area contributed by atoms with Crippen LogP contribution in [-0.2, 0) is 14.8 Å². The fourth-order valence-corrected chi connectivity index (χ4v) is 3.72. The van der Waals surface area contributed by atoms with Gasteiger partial charge in [0.05, 0.1) is 16.6 Å². The molecule has 2 N–H and O–H groups in total. The zero-order valence-corrected chi connectivity index (χ0v) is 12.8. The Morgan fingerprint density at radius 1 is 1.48 bits per heavy atom. The molecule has 0 bridgehead atoms. The molecule has 0 amide bonds. The zero-order valence-electron chi connectivity index (χ0n) is 12.0. The minimum Gasteiger partial charge on any atom is -0.478 e. The van der Waals surface area contributed by atoms with Gasteiger partial charge in [-0.1, -0.05) is 6.07 Å². The van der Waals surface area contributed by atoms with Crippen molar-refractivity contribution in [2.45, 2.75) is 31.3 Å². The highest BCUT2D eigenvalue weighted by molar-refractivity contribution is 7.89. The van der Waals surface area contributed by atoms with Gasteiger partial charge in [0.2, 0.25) is 10.0 Å². The maximum Gasteiger partial charge on any atom is 0.335 e. The molecule has 0 aliphatic carbocycles. The molecule has 1 aromatic carbocycles. The second-order valence-corrected chi connectivity index (χ2v) is 7.00. The quantitative estimate of drug-likeness (QED) is 0.857. The van der Waals surface area contributed by atoms with E-state index < -0.39 is 16.0 Å². The van der Waals surface area contributed by atoms with Gasteiger partial charge in [0.15, 0.2) is 0 Å². The number of rotatable bonds is 5. The molecule has 21 heavy (non-hydrogen) atoms. The lowest BCUT2D eigenvalue weighted by molar-refractivity contribution is 0.0696. The van der Waals surface area contributed by atoms with Gasteiger partial charge in [-0.15, -0.1) is 0 Å². The van der Waals surface area contributed by atoms with Gasteiger partial charge in [0, 0.05) is 19.1 Å². The molecule has 7 heteroatoms. The smallest absolute Gasteiger partial charge is 0.335 e. The number of hydrogen-bond donors (Lipinski definition) is 2. The topological polar surface area (TPSA) is 92.7 Å². The molecule has 1 fully saturated rings. The van der Waals surface area contributed by atoms with Crippen molar-refractivity contribution in [3.8, 4) is 0 Å². The summed E-state index contributed by atoms with van der Waals surface area (Å²) in [5.74, 6) is -1.01. The summed E-state index contributed by atoms with van der Waals surface area (Å²) in [6, 6.07) is 4.08. The Balaban J connectivity index is 2.19. The normalized spacial score (nSPS) is 22.4. The van der Waals surface area contributed by atoms with Crippen LogP contribution in [0.1, 0.15) is 29.3 Å². The van der Waals surface area contributed by atoms with Crippen molar-refractivity contribution in [2.75, 3.05) is 13.2 Å². The summed E-state index contributed by atoms with van der Waals surface area (Å²) in [6.45, 7) is 4.49. The number of aromatic carboxylic acids is 1. The van der Waals surface area contributed by atoms with Crippen molar-refractivity contribution in [2.24, 2.45) is 5.92 Å². The monoisotopic (exact) mass is 313 g/mol. The van der Waals surface area contributed by atoms with E-state index in [-0.39, 0.29) is 22.5 Å². The third-order valence-electron chi connectivity index (χ3n) is 3.79. The summed E-state index contributed by atoms with van der Waals surface area (Å²) in [5.41, 5.74) is 0.474. The molecule has 0 saturated carbocycles. The van der Waals surface area contributed by atoms with Crippen molar-refractivity contribution in [1.82, 2.24) is 4.72 Å². The highest BCUT2D eigenvalue weighted by Gasteiger charge is 2.27. The first-order valence-electron chi connectivity index (χ1n) is 6.76. The first kappa shape index (κ1) is 15.9. The number of hydrogen-bond acceptors (Lipinski definition) is 4. The predicted octanol–water partition coefficient (Wildman–Crippen LogP) is 1.40. The minimum atomic E-state index is -3.73. The highest BCUT2D eigenvalue weighted by atomic mass is 32.2. The van der Waals surface area contributed by atoms with Crippen LogP contribution in [0, 0.1) is 12.8 Å². The molecular formula is C14H19NO5S. The van der Waals surface area contributed by atoms with E-state index in [0.29, 0.717) is 18.7 Å². The summed E-state index contributed by atoms with van der Waals surface area (Å²) in [6.07, 6.45) is 0.844. The van der Waals surface area contributed by atoms with E-state index in [9.17, 15) is 13.2 Å². The number of benzene rings is 1. The molecule has 2 atom stereocenters. The summed E-state index contributed by atoms with van der Waals surface area (Å²) in [5, 5.41) is 8.97. The van der Waals surface area contributed by atoms with Crippen molar-refractivity contribution in [1.29, 1.82) is 0 Å². The Bertz CT molecular complexity index is 641. The molecule has 1 aliphatic rings. The Hall–Kier alpha value is -1.44. The lowest BCUT2D eigenvalue weighted by Crippen LogP contribution is -2.32. The van der Waals surface area contributed by atoms with Gasteiger partial charge in [0.1, 0.15) is 0 Å². The number of ether oxygens (including phenoxy) is 1. The van der Waals surface area contributed by atoms with E-state index in [1.54, 1.807) is 6.92 Å². The zero-order chi connectivity index (χ0) is 15.6. The van der Waals surface area contributed by atoms with Crippen molar-refractivity contribution >= 4 is 16.0 Å². The first-order valence-corrected chi connectivity index (χ1v) is 8.25. The Kier molecular flexibility index (Phi) is 4.65. The van der Waals surface area contributed by atoms with Gasteiger partial charge in [-0.2, -0.15) is 0 Å². The summed E-state index contributed by atoms with van der Waals surface area (Å²) < 4.78 is 32.6. The predicted molar refractivity (Wildman–Crippen MR) is 76.8 cm³/mol. The van der Waals surface area contributed by atoms with Crippen LogP contribution >= 0.6 is 0 Å². The summed E-state index contributed by atoms with van der Waals surface area (Å²) in [4.78, 5) is 11.0. The van der Waals surface area contributed by atoms with E-state index in [1.807, 2.05) is 6.92 Å². The van der Waals surface area contributed by atoms with Crippen LogP contribution in [0.15, 0.2) is 23.1 Å². The van der Waals surface area contributed by atoms with Crippen molar-refractivity contribution in [3.05, 3.63) is 29.3 Å². The van der Waals surface area contributed by atoms with E-state index >= 15 is 0 Å². The fourth-order valence-electron chi connectivity index (χ4n) is 2.36. The largest absolute Gasteiger partial charge is 0.478 e. The number of carboxylic acid groups (broad SMARTS) is 1. The molecule has 0 radical (unpaired) electrons. The molecule has 0 spiro atoms. The van der Waals surface area contributed by atoms with E-state index in [4.69, 9.17) is 9.84 Å². The van der Waals surface area contributed by atoms with Crippen LogP contribution in [-0.4, -0.2) is 38.7 Å². The van der Waals surface area contributed by atoms with E-state index in [2.05, 4.69) is 4.72 Å². The Labute approximate surface area is 124 Å². The summed E-state index contributed by atoms with van der Waals surface area (Å²) >= 11 is 0. The lowest BCUT2D eigenvalue weighted by atomic mass is 10.0. The SMILES string of the molecule is Cc1ccc(C(=O)O)cc1S(=O)(=O)NCC1CCOC1C. The molecule has 6 nitrogen and oxygen atoms in total. The van der Waals surface area contributed by atoms with E-state index in [1.165, 1.54) is 18.2 Å². The van der Waals surface area contributed by atoms with Crippen LogP contribution in [0.5, 0.6) is 0 Å². The standard InChI is InChI=1S/C14H19NO5S/c1-9-3-4-11(14(16)17)7-13(9)21(18,19)15-8-12-5-6-20-10(12)2/h3-4,7,10,12,15H,5-6,8H2,1-2H3,(H,16,17). The van der Waals surface area contributed by atoms with Gasteiger partial charge in [-0.3, -0.25) is 0 Å². The highest BCUT2D eigenvalue weighted by Crippen LogP contribution is 2.21. The second-order valence-electron chi connectivity index (χ2n) is 5.26. The van der Waals surface area contributed by atoms with Crippen molar-refractivity contribution < 1.29 is 23.1 Å². The molecule has 1 aromatic rings. The van der Waals surface area contributed by atoms with Crippen LogP contribution in [0.3, 0.4) is 0 Å². The molecule has 1 heterocycles. The minimum absolute atomic E-state index is 0.00830. The molecule has 0 aromatic heterocycles. The van der Waals surface area contributed by atoms with Gasteiger partial charge in [0.25, 0.3) is 0 Å². The molecule has 1 saturated heterocycles. The number of nitrogens with one attached hydrogen (secondary N) is 1. The maximum atomic E-state index is 12.3. The van der Waals surface area contributed by atoms with Gasteiger partial charge in [-0.05, 0) is 38.0 Å². The molecule has 2 unspecified atom stereocenters. The lowest BCUT2D eigenvalue weighted by Gasteiger charge is -2.16. The van der Waals surface area contributed by atoms with Crippen molar-refractivity contribution in [3.63, 3.8) is 0 Å². The molecule has 1 aliphatic heterocycles. The fraction of sp³-hybridized carbons (Fsp3) is 0.500. The maximum absolute atomic E-state index is 12.3. The molecular weight excluding hydrogens is 294 g/mol. The van der Waals surface area contributed by atoms with Gasteiger partial charge < -0.3 is 9.84 Å². The number of aryl methyl sites for hydroxylation is 1. The van der Waals surface area contributed by atoms with Crippen LogP contribution in [0.2, 0.25) is 0 Å². The Morgan fingerprint density at radius 2 is 2.19 bits per heavy atom. The molecule has 116 valence electrons. The third kappa shape index (κ3) is 3.61. The summed E-state index contributed by atoms with van der Waals surface area (Å²) in [7, 11) is -3.73. The number of sulfonamides is 1. The van der Waals surface area contributed by atoms with Gasteiger partial charge >= 0.3 is 5.97 Å². The average molecular weight is 313 g/mol. The Morgan fingerprint density at radius 3 is 2.76 bits per heavy atom. The third-order valence-corrected chi connectivity index (χ3v) is 5.36. The van der Waals surface area contributed by atoms with Crippen LogP contribution in [0.4, 0.5) is 0 Å². The first-order chi connectivity index (χ1) is 9.81. The van der Waals surface area contributed by atoms with E-state index in [0.717, 1.165) is 6.42 Å². The number of carboxylic acids is 1. The van der Waals surface area contributed by atoms with Crippen LogP contribution in [0.25, 0.3) is 0 Å². The van der Waals surface area contributed by atoms with Gasteiger partial charge in [-0.25, -0.2) is 17.9 Å². The number of carbonyl (C=O) groups is 1. The molecule has 2 rings (SSSR count). The average Bonchev–Trinajstić information content (AvgIpc) is 2.82. The van der Waals surface area contributed by atoms with Crippen LogP contribution < -0.4 is 4.72 Å².